The number of hydrogen-bond acceptors (Lipinski definition) is 2. The van der Waals surface area contributed by atoms with E-state index in [1.54, 1.807) is 0 Å². The largest absolute Gasteiger partial charge is 0.438 e. The monoisotopic (exact) mass is 357 g/mol. The second-order valence-electron chi connectivity index (χ2n) is 6.74. The van der Waals surface area contributed by atoms with Crippen LogP contribution >= 0.6 is 0 Å². The minimum absolute atomic E-state index is 1.06. The first-order valence-corrected chi connectivity index (χ1v) is 11.2. The molecule has 0 heterocycles. The zero-order valence-corrected chi connectivity index (χ0v) is 15.8. The highest BCUT2D eigenvalue weighted by atomic mass is 28.4. The second-order valence-corrected chi connectivity index (χ2v) is 10.0. The number of oxime groups is 1. The maximum Gasteiger partial charge on any atom is 0.380 e. The van der Waals surface area contributed by atoms with E-state index < -0.39 is 8.32 Å². The van der Waals surface area contributed by atoms with Gasteiger partial charge in [0.15, 0.2) is 0 Å². The van der Waals surface area contributed by atoms with Crippen molar-refractivity contribution in [3.05, 3.63) is 91.0 Å². The molecule has 3 aromatic rings. The number of hydrogen-bond donors (Lipinski definition) is 0. The number of nitrogens with zero attached hydrogens (tertiary/aromatic N) is 1. The lowest BCUT2D eigenvalue weighted by molar-refractivity contribution is 0.347. The highest BCUT2D eigenvalue weighted by Crippen LogP contribution is 2.17. The molecule has 1 aliphatic rings. The summed E-state index contributed by atoms with van der Waals surface area (Å²) >= 11 is 0. The molecule has 0 saturated heterocycles. The predicted octanol–water partition coefficient (Wildman–Crippen LogP) is 3.60. The first-order valence-electron chi connectivity index (χ1n) is 9.30. The zero-order valence-electron chi connectivity index (χ0n) is 14.8. The Morgan fingerprint density at radius 1 is 0.577 bits per heavy atom. The van der Waals surface area contributed by atoms with Crippen LogP contribution in [0.1, 0.15) is 25.7 Å². The van der Waals surface area contributed by atoms with Crippen LogP contribution in [0.15, 0.2) is 96.2 Å². The summed E-state index contributed by atoms with van der Waals surface area (Å²) in [7, 11) is -2.68. The van der Waals surface area contributed by atoms with Gasteiger partial charge in [0.25, 0.3) is 0 Å². The molecule has 1 saturated carbocycles. The van der Waals surface area contributed by atoms with Crippen LogP contribution in [0.3, 0.4) is 0 Å². The molecule has 3 aromatic carbocycles. The highest BCUT2D eigenvalue weighted by molar-refractivity contribution is 7.07. The lowest BCUT2D eigenvalue weighted by Crippen LogP contribution is -2.68. The van der Waals surface area contributed by atoms with E-state index in [0.29, 0.717) is 0 Å². The molecule has 26 heavy (non-hydrogen) atoms. The summed E-state index contributed by atoms with van der Waals surface area (Å²) in [5, 5.41) is 8.37. The fourth-order valence-electron chi connectivity index (χ4n) is 3.68. The third kappa shape index (κ3) is 3.23. The Kier molecular flexibility index (Phi) is 4.98. The molecular formula is C23H23NOSi. The smallest absolute Gasteiger partial charge is 0.380 e. The van der Waals surface area contributed by atoms with Crippen molar-refractivity contribution in [3.8, 4) is 0 Å². The van der Waals surface area contributed by atoms with Gasteiger partial charge in [0, 0.05) is 0 Å². The predicted molar refractivity (Wildman–Crippen MR) is 111 cm³/mol. The molecule has 0 radical (unpaired) electrons. The van der Waals surface area contributed by atoms with Crippen molar-refractivity contribution >= 4 is 29.6 Å². The quantitative estimate of drug-likeness (QED) is 0.388. The van der Waals surface area contributed by atoms with Crippen LogP contribution in [0.25, 0.3) is 0 Å². The van der Waals surface area contributed by atoms with Gasteiger partial charge in [-0.1, -0.05) is 91.0 Å². The maximum absolute atomic E-state index is 6.60. The average Bonchev–Trinajstić information content (AvgIpc) is 3.25. The molecule has 2 nitrogen and oxygen atoms in total. The zero-order chi connectivity index (χ0) is 17.7. The van der Waals surface area contributed by atoms with E-state index in [1.807, 2.05) is 0 Å². The fourth-order valence-corrected chi connectivity index (χ4v) is 7.25. The molecule has 0 aromatic heterocycles. The Bertz CT molecular complexity index is 758. The lowest BCUT2D eigenvalue weighted by atomic mass is 10.3. The van der Waals surface area contributed by atoms with Crippen molar-refractivity contribution in [2.45, 2.75) is 25.7 Å². The van der Waals surface area contributed by atoms with Gasteiger partial charge in [0.1, 0.15) is 0 Å². The summed E-state index contributed by atoms with van der Waals surface area (Å²) in [5.41, 5.74) is 1.20. The van der Waals surface area contributed by atoms with Gasteiger partial charge in [0.2, 0.25) is 0 Å². The fraction of sp³-hybridized carbons (Fsp3) is 0.174. The van der Waals surface area contributed by atoms with Crippen LogP contribution in [0.5, 0.6) is 0 Å². The van der Waals surface area contributed by atoms with Gasteiger partial charge in [-0.25, -0.2) is 0 Å². The van der Waals surface area contributed by atoms with E-state index >= 15 is 0 Å². The van der Waals surface area contributed by atoms with Gasteiger partial charge < -0.3 is 4.53 Å². The topological polar surface area (TPSA) is 21.6 Å². The van der Waals surface area contributed by atoms with E-state index in [2.05, 4.69) is 91.0 Å². The van der Waals surface area contributed by atoms with E-state index in [-0.39, 0.29) is 0 Å². The van der Waals surface area contributed by atoms with Crippen molar-refractivity contribution < 1.29 is 4.53 Å². The van der Waals surface area contributed by atoms with Crippen LogP contribution in [-0.2, 0) is 4.53 Å². The van der Waals surface area contributed by atoms with Crippen molar-refractivity contribution in [1.29, 1.82) is 0 Å². The molecule has 3 heteroatoms. The van der Waals surface area contributed by atoms with Crippen LogP contribution in [0.4, 0.5) is 0 Å². The summed E-state index contributed by atoms with van der Waals surface area (Å²) in [5.74, 6) is 0. The molecule has 4 rings (SSSR count). The van der Waals surface area contributed by atoms with Crippen LogP contribution in [0, 0.1) is 0 Å². The minimum Gasteiger partial charge on any atom is -0.438 e. The standard InChI is InChI=1S/C23H23NOSi/c1-4-14-21(15-5-1)26(22-16-6-2-7-17-22,23-18-8-3-9-19-23)25-24-20-12-10-11-13-20/h1-9,14-19H,10-13H2. The minimum atomic E-state index is -2.68. The van der Waals surface area contributed by atoms with Gasteiger partial charge in [-0.3, -0.25) is 0 Å². The lowest BCUT2D eigenvalue weighted by Gasteiger charge is -2.30. The molecule has 1 fully saturated rings. The third-order valence-electron chi connectivity index (χ3n) is 5.03. The van der Waals surface area contributed by atoms with Gasteiger partial charge in [-0.05, 0) is 41.2 Å². The summed E-state index contributed by atoms with van der Waals surface area (Å²) in [6, 6.07) is 31.8. The molecule has 0 amide bonds. The SMILES string of the molecule is c1ccc([Si](ON=C2CCCC2)(c2ccccc2)c2ccccc2)cc1. The normalized spacial score (nSPS) is 14.2. The van der Waals surface area contributed by atoms with Gasteiger partial charge in [0.05, 0.1) is 5.71 Å². The highest BCUT2D eigenvalue weighted by Gasteiger charge is 2.45. The summed E-state index contributed by atoms with van der Waals surface area (Å²) in [6.07, 6.45) is 4.56. The van der Waals surface area contributed by atoms with Crippen molar-refractivity contribution in [3.63, 3.8) is 0 Å². The molecular weight excluding hydrogens is 334 g/mol. The molecule has 130 valence electrons. The summed E-state index contributed by atoms with van der Waals surface area (Å²) in [6.45, 7) is 0. The van der Waals surface area contributed by atoms with E-state index in [0.717, 1.165) is 12.8 Å². The van der Waals surface area contributed by atoms with Crippen LogP contribution < -0.4 is 15.6 Å². The van der Waals surface area contributed by atoms with Crippen molar-refractivity contribution in [2.75, 3.05) is 0 Å². The Hall–Kier alpha value is -2.65. The Morgan fingerprint density at radius 3 is 1.35 bits per heavy atom. The first kappa shape index (κ1) is 16.8. The Labute approximate surface area is 156 Å². The third-order valence-corrected chi connectivity index (χ3v) is 8.84. The molecule has 0 unspecified atom stereocenters. The van der Waals surface area contributed by atoms with Crippen LogP contribution in [0.2, 0.25) is 0 Å². The number of benzene rings is 3. The average molecular weight is 358 g/mol. The molecule has 1 aliphatic carbocycles. The van der Waals surface area contributed by atoms with Gasteiger partial charge >= 0.3 is 8.32 Å². The maximum atomic E-state index is 6.60. The van der Waals surface area contributed by atoms with Crippen molar-refractivity contribution in [1.82, 2.24) is 0 Å². The summed E-state index contributed by atoms with van der Waals surface area (Å²) in [4.78, 5) is 0. The first-order chi connectivity index (χ1) is 12.9. The molecule has 0 N–H and O–H groups in total. The number of rotatable bonds is 5. The van der Waals surface area contributed by atoms with Crippen LogP contribution in [-0.4, -0.2) is 14.0 Å². The van der Waals surface area contributed by atoms with Gasteiger partial charge in [-0.2, -0.15) is 0 Å². The van der Waals surface area contributed by atoms with E-state index in [4.69, 9.17) is 9.68 Å². The van der Waals surface area contributed by atoms with E-state index in [9.17, 15) is 0 Å². The van der Waals surface area contributed by atoms with E-state index in [1.165, 1.54) is 34.1 Å². The molecule has 0 atom stereocenters. The summed E-state index contributed by atoms with van der Waals surface area (Å²) < 4.78 is 6.60. The molecule has 0 aliphatic heterocycles. The second kappa shape index (κ2) is 7.71. The van der Waals surface area contributed by atoms with Crippen molar-refractivity contribution in [2.24, 2.45) is 5.16 Å². The molecule has 0 bridgehead atoms. The molecule has 0 spiro atoms. The Balaban J connectivity index is 1.92. The Morgan fingerprint density at radius 2 is 0.962 bits per heavy atom. The van der Waals surface area contributed by atoms with Gasteiger partial charge in [-0.15, -0.1) is 5.16 Å².